The van der Waals surface area contributed by atoms with Crippen molar-refractivity contribution >= 4 is 34.3 Å². The molecule has 9 heteroatoms. The van der Waals surface area contributed by atoms with Gasteiger partial charge in [0.25, 0.3) is 0 Å². The Hall–Kier alpha value is -3.23. The summed E-state index contributed by atoms with van der Waals surface area (Å²) in [6, 6.07) is 11.5. The van der Waals surface area contributed by atoms with Gasteiger partial charge in [-0.15, -0.1) is 13.2 Å². The van der Waals surface area contributed by atoms with Gasteiger partial charge in [-0.25, -0.2) is 4.98 Å². The zero-order valence-electron chi connectivity index (χ0n) is 22.0. The van der Waals surface area contributed by atoms with Crippen LogP contribution in [0.5, 0.6) is 5.75 Å². The predicted octanol–water partition coefficient (Wildman–Crippen LogP) is 8.19. The second kappa shape index (κ2) is 9.91. The Morgan fingerprint density at radius 3 is 2.27 bits per heavy atom. The van der Waals surface area contributed by atoms with Gasteiger partial charge in [-0.05, 0) is 79.0 Å². The molecule has 1 fully saturated rings. The van der Waals surface area contributed by atoms with Crippen LogP contribution < -0.4 is 15.4 Å². The lowest BCUT2D eigenvalue weighted by atomic mass is 9.63. The molecule has 0 unspecified atom stereocenters. The molecule has 0 aliphatic heterocycles. The van der Waals surface area contributed by atoms with E-state index in [-0.39, 0.29) is 28.5 Å². The van der Waals surface area contributed by atoms with Crippen molar-refractivity contribution in [1.82, 2.24) is 9.55 Å². The van der Waals surface area contributed by atoms with E-state index >= 15 is 0 Å². The number of imidazole rings is 1. The Kier molecular flexibility index (Phi) is 7.18. The Balaban J connectivity index is 1.72. The minimum Gasteiger partial charge on any atom is -0.406 e. The maximum atomic E-state index is 12.6. The van der Waals surface area contributed by atoms with Crippen LogP contribution in [-0.4, -0.2) is 21.8 Å². The van der Waals surface area contributed by atoms with E-state index in [4.69, 9.17) is 4.98 Å². The van der Waals surface area contributed by atoms with E-state index in [2.05, 4.69) is 47.6 Å². The number of nitrogens with zero attached hydrogens (tertiary/aromatic N) is 2. The van der Waals surface area contributed by atoms with Gasteiger partial charge in [0.1, 0.15) is 5.75 Å². The highest BCUT2D eigenvalue weighted by molar-refractivity contribution is 5.93. The van der Waals surface area contributed by atoms with Crippen LogP contribution in [0.1, 0.15) is 72.8 Å². The average Bonchev–Trinajstić information content (AvgIpc) is 3.09. The van der Waals surface area contributed by atoms with E-state index in [1.807, 2.05) is 25.1 Å². The molecule has 1 saturated carbocycles. The maximum absolute atomic E-state index is 12.6. The molecule has 0 spiro atoms. The first-order valence-corrected chi connectivity index (χ1v) is 12.7. The summed E-state index contributed by atoms with van der Waals surface area (Å²) < 4.78 is 43.9. The Morgan fingerprint density at radius 2 is 1.68 bits per heavy atom. The van der Waals surface area contributed by atoms with E-state index in [0.29, 0.717) is 23.7 Å². The van der Waals surface area contributed by atoms with Gasteiger partial charge in [0.15, 0.2) is 0 Å². The van der Waals surface area contributed by atoms with Crippen molar-refractivity contribution in [2.24, 2.45) is 10.8 Å². The van der Waals surface area contributed by atoms with Crippen molar-refractivity contribution in [3.8, 4) is 5.75 Å². The number of rotatable bonds is 7. The van der Waals surface area contributed by atoms with Crippen LogP contribution in [0.15, 0.2) is 42.5 Å². The molecule has 0 atom stereocenters. The maximum Gasteiger partial charge on any atom is 0.573 e. The lowest BCUT2D eigenvalue weighted by Crippen LogP contribution is -2.35. The van der Waals surface area contributed by atoms with Crippen molar-refractivity contribution in [2.45, 2.75) is 79.1 Å². The second-order valence-electron chi connectivity index (χ2n) is 11.6. The summed E-state index contributed by atoms with van der Waals surface area (Å²) in [7, 11) is 0. The number of carbonyl (C=O) groups excluding carboxylic acids is 1. The number of benzene rings is 2. The van der Waals surface area contributed by atoms with Gasteiger partial charge in [0.2, 0.25) is 11.9 Å². The Morgan fingerprint density at radius 1 is 1.05 bits per heavy atom. The number of amides is 1. The van der Waals surface area contributed by atoms with Gasteiger partial charge in [-0.2, -0.15) is 0 Å². The quantitative estimate of drug-likeness (QED) is 0.332. The van der Waals surface area contributed by atoms with Gasteiger partial charge >= 0.3 is 6.36 Å². The van der Waals surface area contributed by atoms with Gasteiger partial charge in [-0.3, -0.25) is 4.79 Å². The summed E-state index contributed by atoms with van der Waals surface area (Å²) in [4.78, 5) is 17.0. The van der Waals surface area contributed by atoms with E-state index in [0.717, 1.165) is 36.7 Å². The Bertz CT molecular complexity index is 1250. The third-order valence-electron chi connectivity index (χ3n) is 6.69. The first-order chi connectivity index (χ1) is 17.2. The van der Waals surface area contributed by atoms with E-state index in [1.165, 1.54) is 24.3 Å². The highest BCUT2D eigenvalue weighted by atomic mass is 19.4. The number of nitrogens with one attached hydrogen (secondary N) is 2. The smallest absolute Gasteiger partial charge is 0.406 e. The van der Waals surface area contributed by atoms with Gasteiger partial charge in [0.05, 0.1) is 11.0 Å². The molecule has 1 amide bonds. The number of hydrogen-bond donors (Lipinski definition) is 2. The average molecular weight is 517 g/mol. The fourth-order valence-electron chi connectivity index (χ4n) is 5.92. The van der Waals surface area contributed by atoms with Crippen molar-refractivity contribution in [3.63, 3.8) is 0 Å². The SMILES string of the molecule is CCCC(=O)Nc1ccc2c(c1)nc(Nc1ccc(OC(F)(F)F)cc1)n2C1CC(C)(C)CC(C)(C)C1. The first kappa shape index (κ1) is 26.8. The summed E-state index contributed by atoms with van der Waals surface area (Å²) in [6.07, 6.45) is -0.502. The number of alkyl halides is 3. The molecule has 0 bridgehead atoms. The van der Waals surface area contributed by atoms with Crippen LogP contribution in [0.25, 0.3) is 11.0 Å². The summed E-state index contributed by atoms with van der Waals surface area (Å²) in [5, 5.41) is 6.24. The second-order valence-corrected chi connectivity index (χ2v) is 11.6. The molecule has 0 saturated heterocycles. The highest BCUT2D eigenvalue weighted by Crippen LogP contribution is 2.51. The molecule has 200 valence electrons. The Labute approximate surface area is 215 Å². The highest BCUT2D eigenvalue weighted by Gasteiger charge is 2.40. The number of hydrogen-bond acceptors (Lipinski definition) is 4. The lowest BCUT2D eigenvalue weighted by Gasteiger charge is -2.45. The number of ether oxygens (including phenoxy) is 1. The molecule has 3 aromatic rings. The molecule has 1 aliphatic carbocycles. The van der Waals surface area contributed by atoms with E-state index in [1.54, 1.807) is 0 Å². The van der Waals surface area contributed by atoms with Crippen LogP contribution in [0.2, 0.25) is 0 Å². The zero-order valence-corrected chi connectivity index (χ0v) is 22.0. The minimum atomic E-state index is -4.74. The monoisotopic (exact) mass is 516 g/mol. The lowest BCUT2D eigenvalue weighted by molar-refractivity contribution is -0.274. The third kappa shape index (κ3) is 6.76. The number of carbonyl (C=O) groups is 1. The molecular formula is C28H35F3N4O2. The van der Waals surface area contributed by atoms with Gasteiger partial charge < -0.3 is 19.9 Å². The molecule has 2 N–H and O–H groups in total. The molecule has 0 radical (unpaired) electrons. The molecule has 37 heavy (non-hydrogen) atoms. The molecule has 2 aromatic carbocycles. The standard InChI is InChI=1S/C28H35F3N4O2/c1-6-7-24(36)32-19-10-13-23-22(14-19)34-25(33-18-8-11-21(12-9-18)37-28(29,30)31)35(23)20-15-26(2,3)17-27(4,5)16-20/h8-14,20H,6-7,15-17H2,1-5H3,(H,32,36)(H,33,34). The van der Waals surface area contributed by atoms with E-state index < -0.39 is 6.36 Å². The molecule has 1 aliphatic rings. The summed E-state index contributed by atoms with van der Waals surface area (Å²) >= 11 is 0. The molecular weight excluding hydrogens is 481 g/mol. The predicted molar refractivity (Wildman–Crippen MR) is 140 cm³/mol. The molecule has 4 rings (SSSR count). The normalized spacial score (nSPS) is 17.5. The minimum absolute atomic E-state index is 0.0448. The van der Waals surface area contributed by atoms with Crippen molar-refractivity contribution in [1.29, 1.82) is 0 Å². The fourth-order valence-corrected chi connectivity index (χ4v) is 5.92. The third-order valence-corrected chi connectivity index (χ3v) is 6.69. The fraction of sp³-hybridized carbons (Fsp3) is 0.500. The molecule has 1 heterocycles. The van der Waals surface area contributed by atoms with Crippen molar-refractivity contribution in [2.75, 3.05) is 10.6 Å². The zero-order chi connectivity index (χ0) is 27.0. The largest absolute Gasteiger partial charge is 0.573 e. The number of anilines is 3. The number of aromatic nitrogens is 2. The number of halogens is 3. The topological polar surface area (TPSA) is 68.2 Å². The summed E-state index contributed by atoms with van der Waals surface area (Å²) in [5.74, 6) is 0.279. The number of fused-ring (bicyclic) bond motifs is 1. The van der Waals surface area contributed by atoms with Crippen LogP contribution >= 0.6 is 0 Å². The molecule has 6 nitrogen and oxygen atoms in total. The van der Waals surface area contributed by atoms with Crippen LogP contribution in [0.4, 0.5) is 30.5 Å². The summed E-state index contributed by atoms with van der Waals surface area (Å²) in [5.41, 5.74) is 3.20. The first-order valence-electron chi connectivity index (χ1n) is 12.7. The van der Waals surface area contributed by atoms with Crippen LogP contribution in [-0.2, 0) is 4.79 Å². The van der Waals surface area contributed by atoms with E-state index in [9.17, 15) is 18.0 Å². The van der Waals surface area contributed by atoms with Gasteiger partial charge in [0, 0.05) is 23.8 Å². The van der Waals surface area contributed by atoms with Gasteiger partial charge in [-0.1, -0.05) is 34.6 Å². The van der Waals surface area contributed by atoms with Crippen LogP contribution in [0.3, 0.4) is 0 Å². The van der Waals surface area contributed by atoms with Crippen molar-refractivity contribution in [3.05, 3.63) is 42.5 Å². The van der Waals surface area contributed by atoms with Crippen LogP contribution in [0, 0.1) is 10.8 Å². The van der Waals surface area contributed by atoms with Crippen molar-refractivity contribution < 1.29 is 22.7 Å². The summed E-state index contributed by atoms with van der Waals surface area (Å²) in [6.45, 7) is 11.1. The molecule has 1 aromatic heterocycles.